The molecule has 26 heavy (non-hydrogen) atoms. The predicted octanol–water partition coefficient (Wildman–Crippen LogP) is 5.22. The summed E-state index contributed by atoms with van der Waals surface area (Å²) in [5, 5.41) is 3.87. The third kappa shape index (κ3) is 3.30. The van der Waals surface area contributed by atoms with Gasteiger partial charge in [-0.3, -0.25) is 4.79 Å². The summed E-state index contributed by atoms with van der Waals surface area (Å²) in [5.41, 5.74) is 3.29. The number of hydrogen-bond donors (Lipinski definition) is 1. The number of ether oxygens (including phenoxy) is 1. The normalized spacial score (nSPS) is 10.7. The van der Waals surface area contributed by atoms with Crippen molar-refractivity contribution in [3.63, 3.8) is 0 Å². The fourth-order valence-corrected chi connectivity index (χ4v) is 3.63. The minimum Gasteiger partial charge on any atom is -0.497 e. The van der Waals surface area contributed by atoms with Gasteiger partial charge in [0.2, 0.25) is 0 Å². The number of hydrogen-bond acceptors (Lipinski definition) is 4. The summed E-state index contributed by atoms with van der Waals surface area (Å²) >= 11 is 1.64. The van der Waals surface area contributed by atoms with Gasteiger partial charge >= 0.3 is 0 Å². The maximum absolute atomic E-state index is 12.4. The van der Waals surface area contributed by atoms with E-state index in [0.717, 1.165) is 32.2 Å². The molecule has 0 aliphatic heterocycles. The fraction of sp³-hybridized carbons (Fsp3) is 0.0476. The Morgan fingerprint density at radius 2 is 1.81 bits per heavy atom. The highest BCUT2D eigenvalue weighted by Gasteiger charge is 2.09. The number of rotatable bonds is 4. The Hall–Kier alpha value is -3.18. The molecule has 4 nitrogen and oxygen atoms in total. The average molecular weight is 360 g/mol. The topological polar surface area (TPSA) is 51.2 Å². The van der Waals surface area contributed by atoms with E-state index >= 15 is 0 Å². The van der Waals surface area contributed by atoms with Crippen LogP contribution in [0, 0.1) is 0 Å². The fourth-order valence-electron chi connectivity index (χ4n) is 2.67. The number of nitrogens with zero attached hydrogens (tertiary/aromatic N) is 1. The van der Waals surface area contributed by atoms with Crippen LogP contribution in [-0.2, 0) is 0 Å². The molecule has 0 unspecified atom stereocenters. The summed E-state index contributed by atoms with van der Waals surface area (Å²) in [6.07, 6.45) is 0. The average Bonchev–Trinajstić information content (AvgIpc) is 3.12. The van der Waals surface area contributed by atoms with Gasteiger partial charge in [0.05, 0.1) is 17.3 Å². The van der Waals surface area contributed by atoms with Crippen LogP contribution in [-0.4, -0.2) is 18.0 Å². The summed E-state index contributed by atoms with van der Waals surface area (Å²) in [6, 6.07) is 22.8. The summed E-state index contributed by atoms with van der Waals surface area (Å²) in [4.78, 5) is 17.1. The molecular formula is C21H16N2O2S. The van der Waals surface area contributed by atoms with Crippen LogP contribution in [0.15, 0.2) is 72.8 Å². The van der Waals surface area contributed by atoms with Crippen LogP contribution < -0.4 is 10.1 Å². The van der Waals surface area contributed by atoms with E-state index in [-0.39, 0.29) is 5.91 Å². The van der Waals surface area contributed by atoms with Crippen molar-refractivity contribution in [2.24, 2.45) is 0 Å². The van der Waals surface area contributed by atoms with Gasteiger partial charge in [-0.25, -0.2) is 4.98 Å². The molecule has 1 amide bonds. The maximum atomic E-state index is 12.4. The van der Waals surface area contributed by atoms with Crippen molar-refractivity contribution in [3.8, 4) is 16.3 Å². The van der Waals surface area contributed by atoms with Gasteiger partial charge in [-0.05, 0) is 48.5 Å². The number of benzene rings is 3. The van der Waals surface area contributed by atoms with Crippen molar-refractivity contribution in [1.29, 1.82) is 0 Å². The number of para-hydroxylation sites is 1. The molecule has 0 spiro atoms. The van der Waals surface area contributed by atoms with Crippen molar-refractivity contribution >= 4 is 33.1 Å². The van der Waals surface area contributed by atoms with E-state index in [2.05, 4.69) is 16.4 Å². The number of amides is 1. The molecule has 0 saturated carbocycles. The number of methoxy groups -OCH3 is 1. The highest BCUT2D eigenvalue weighted by molar-refractivity contribution is 7.21. The lowest BCUT2D eigenvalue weighted by molar-refractivity contribution is 0.102. The van der Waals surface area contributed by atoms with E-state index in [1.807, 2.05) is 42.5 Å². The Balaban J connectivity index is 1.57. The number of aromatic nitrogens is 1. The van der Waals surface area contributed by atoms with Crippen molar-refractivity contribution in [2.45, 2.75) is 0 Å². The van der Waals surface area contributed by atoms with Gasteiger partial charge in [0.1, 0.15) is 10.8 Å². The Morgan fingerprint density at radius 3 is 2.58 bits per heavy atom. The van der Waals surface area contributed by atoms with Gasteiger partial charge in [0.25, 0.3) is 5.91 Å². The van der Waals surface area contributed by atoms with Crippen LogP contribution in [0.5, 0.6) is 5.75 Å². The van der Waals surface area contributed by atoms with Crippen molar-refractivity contribution < 1.29 is 9.53 Å². The van der Waals surface area contributed by atoms with E-state index in [0.29, 0.717) is 5.56 Å². The van der Waals surface area contributed by atoms with Crippen LogP contribution in [0.2, 0.25) is 0 Å². The molecule has 1 N–H and O–H groups in total. The van der Waals surface area contributed by atoms with Crippen molar-refractivity contribution in [3.05, 3.63) is 78.4 Å². The summed E-state index contributed by atoms with van der Waals surface area (Å²) in [6.45, 7) is 0. The van der Waals surface area contributed by atoms with Crippen LogP contribution in [0.4, 0.5) is 5.69 Å². The van der Waals surface area contributed by atoms with Crippen LogP contribution >= 0.6 is 11.3 Å². The highest BCUT2D eigenvalue weighted by Crippen LogP contribution is 2.31. The molecule has 4 rings (SSSR count). The van der Waals surface area contributed by atoms with Gasteiger partial charge in [-0.2, -0.15) is 0 Å². The zero-order valence-electron chi connectivity index (χ0n) is 14.1. The Bertz CT molecular complexity index is 1040. The first-order chi connectivity index (χ1) is 12.7. The zero-order valence-corrected chi connectivity index (χ0v) is 14.9. The molecule has 0 fully saturated rings. The number of carbonyl (C=O) groups is 1. The predicted molar refractivity (Wildman–Crippen MR) is 106 cm³/mol. The number of thiazole rings is 1. The molecule has 4 aromatic rings. The van der Waals surface area contributed by atoms with Crippen LogP contribution in [0.1, 0.15) is 10.4 Å². The Morgan fingerprint density at radius 1 is 1.00 bits per heavy atom. The summed E-state index contributed by atoms with van der Waals surface area (Å²) in [5.74, 6) is 0.563. The van der Waals surface area contributed by atoms with Crippen LogP contribution in [0.3, 0.4) is 0 Å². The van der Waals surface area contributed by atoms with E-state index in [1.165, 1.54) is 0 Å². The molecule has 3 aromatic carbocycles. The lowest BCUT2D eigenvalue weighted by atomic mass is 10.1. The van der Waals surface area contributed by atoms with Crippen molar-refractivity contribution in [1.82, 2.24) is 4.98 Å². The summed E-state index contributed by atoms with van der Waals surface area (Å²) in [7, 11) is 1.60. The van der Waals surface area contributed by atoms with E-state index in [9.17, 15) is 4.79 Å². The molecule has 5 heteroatoms. The monoisotopic (exact) mass is 360 g/mol. The molecule has 0 aliphatic rings. The smallest absolute Gasteiger partial charge is 0.255 e. The van der Waals surface area contributed by atoms with E-state index < -0.39 is 0 Å². The zero-order chi connectivity index (χ0) is 17.9. The highest BCUT2D eigenvalue weighted by atomic mass is 32.1. The molecule has 0 saturated heterocycles. The molecule has 0 atom stereocenters. The second-order valence-corrected chi connectivity index (χ2v) is 6.78. The first-order valence-corrected chi connectivity index (χ1v) is 8.96. The third-order valence-electron chi connectivity index (χ3n) is 4.01. The lowest BCUT2D eigenvalue weighted by Gasteiger charge is -2.07. The van der Waals surface area contributed by atoms with Gasteiger partial charge in [0, 0.05) is 16.8 Å². The molecular weight excluding hydrogens is 344 g/mol. The molecule has 0 radical (unpaired) electrons. The van der Waals surface area contributed by atoms with Gasteiger partial charge in [-0.1, -0.05) is 24.3 Å². The molecule has 1 aromatic heterocycles. The molecule has 128 valence electrons. The minimum absolute atomic E-state index is 0.158. The van der Waals surface area contributed by atoms with Crippen molar-refractivity contribution in [2.75, 3.05) is 12.4 Å². The van der Waals surface area contributed by atoms with Gasteiger partial charge in [0.15, 0.2) is 0 Å². The van der Waals surface area contributed by atoms with Crippen LogP contribution in [0.25, 0.3) is 20.8 Å². The Labute approximate surface area is 155 Å². The lowest BCUT2D eigenvalue weighted by Crippen LogP contribution is -2.11. The third-order valence-corrected chi connectivity index (χ3v) is 5.10. The number of nitrogens with one attached hydrogen (secondary N) is 1. The second-order valence-electron chi connectivity index (χ2n) is 5.75. The largest absolute Gasteiger partial charge is 0.497 e. The first kappa shape index (κ1) is 16.3. The quantitative estimate of drug-likeness (QED) is 0.542. The summed E-state index contributed by atoms with van der Waals surface area (Å²) < 4.78 is 6.27. The number of anilines is 1. The molecule has 0 bridgehead atoms. The standard InChI is InChI=1S/C21H16N2O2S/c1-25-17-11-9-14(10-12-17)20(24)22-16-6-4-5-15(13-16)21-23-18-7-2-3-8-19(18)26-21/h2-13H,1H3,(H,22,24). The van der Waals surface area contributed by atoms with Gasteiger partial charge < -0.3 is 10.1 Å². The SMILES string of the molecule is COc1ccc(C(=O)Nc2cccc(-c3nc4ccccc4s3)c2)cc1. The van der Waals surface area contributed by atoms with E-state index in [4.69, 9.17) is 4.74 Å². The Kier molecular flexibility index (Phi) is 4.37. The minimum atomic E-state index is -0.158. The van der Waals surface area contributed by atoms with E-state index in [1.54, 1.807) is 42.7 Å². The second kappa shape index (κ2) is 6.98. The maximum Gasteiger partial charge on any atom is 0.255 e. The number of fused-ring (bicyclic) bond motifs is 1. The number of carbonyl (C=O) groups excluding carboxylic acids is 1. The van der Waals surface area contributed by atoms with Gasteiger partial charge in [-0.15, -0.1) is 11.3 Å². The molecule has 1 heterocycles. The molecule has 0 aliphatic carbocycles. The first-order valence-electron chi connectivity index (χ1n) is 8.14.